The van der Waals surface area contributed by atoms with Crippen LogP contribution in [-0.2, 0) is 6.54 Å². The van der Waals surface area contributed by atoms with E-state index in [2.05, 4.69) is 36.9 Å². The van der Waals surface area contributed by atoms with Crippen molar-refractivity contribution < 1.29 is 4.79 Å². The highest BCUT2D eigenvalue weighted by Gasteiger charge is 2.38. The number of hydrogen-bond donors (Lipinski definition) is 2. The molecule has 3 aliphatic rings. The molecule has 7 heteroatoms. The number of aromatic nitrogens is 4. The molecule has 0 radical (unpaired) electrons. The third kappa shape index (κ3) is 2.92. The molecule has 140 valence electrons. The highest BCUT2D eigenvalue weighted by Crippen LogP contribution is 2.30. The molecule has 3 fully saturated rings. The van der Waals surface area contributed by atoms with Crippen molar-refractivity contribution in [2.75, 3.05) is 19.6 Å². The zero-order chi connectivity index (χ0) is 18.4. The number of amides is 1. The van der Waals surface area contributed by atoms with E-state index in [1.165, 1.54) is 6.42 Å². The minimum atomic E-state index is 0.0555. The van der Waals surface area contributed by atoms with Crippen LogP contribution in [0.15, 0.2) is 30.6 Å². The Morgan fingerprint density at radius 2 is 2.11 bits per heavy atom. The third-order valence-corrected chi connectivity index (χ3v) is 6.03. The quantitative estimate of drug-likeness (QED) is 0.747. The molecule has 2 bridgehead atoms. The lowest BCUT2D eigenvalue weighted by Crippen LogP contribution is -2.47. The Hall–Kier alpha value is -2.67. The van der Waals surface area contributed by atoms with Crippen molar-refractivity contribution in [1.29, 1.82) is 0 Å². The van der Waals surface area contributed by atoms with Crippen LogP contribution in [0.25, 0.3) is 10.9 Å². The molecule has 0 unspecified atom stereocenters. The maximum Gasteiger partial charge on any atom is 0.275 e. The second-order valence-corrected chi connectivity index (χ2v) is 7.84. The number of nitrogens with one attached hydrogen (secondary N) is 2. The van der Waals surface area contributed by atoms with Gasteiger partial charge in [0.05, 0.1) is 17.5 Å². The Morgan fingerprint density at radius 1 is 1.22 bits per heavy atom. The largest absolute Gasteiger partial charge is 0.348 e. The smallest absolute Gasteiger partial charge is 0.275 e. The highest BCUT2D eigenvalue weighted by atomic mass is 16.2. The lowest BCUT2D eigenvalue weighted by atomic mass is 9.94. The first-order valence-electron chi connectivity index (χ1n) is 9.64. The summed E-state index contributed by atoms with van der Waals surface area (Å²) in [4.78, 5) is 25.4. The van der Waals surface area contributed by atoms with E-state index in [0.29, 0.717) is 11.6 Å². The number of fused-ring (bicyclic) bond motifs is 5. The van der Waals surface area contributed by atoms with Gasteiger partial charge in [0, 0.05) is 43.3 Å². The van der Waals surface area contributed by atoms with E-state index in [0.717, 1.165) is 54.9 Å². The molecule has 0 saturated carbocycles. The lowest BCUT2D eigenvalue weighted by Gasteiger charge is -2.35. The second kappa shape index (κ2) is 6.49. The van der Waals surface area contributed by atoms with Gasteiger partial charge < -0.3 is 9.88 Å². The van der Waals surface area contributed by atoms with Crippen molar-refractivity contribution in [1.82, 2.24) is 30.0 Å². The number of piperidine rings is 1. The van der Waals surface area contributed by atoms with Gasteiger partial charge in [0.25, 0.3) is 5.91 Å². The fraction of sp³-hybridized carbons (Fsp3) is 0.450. The number of aryl methyl sites for hydroxylation is 1. The molecule has 2 atom stereocenters. The van der Waals surface area contributed by atoms with Crippen LogP contribution >= 0.6 is 0 Å². The predicted molar refractivity (Wildman–Crippen MR) is 102 cm³/mol. The van der Waals surface area contributed by atoms with Gasteiger partial charge >= 0.3 is 0 Å². The van der Waals surface area contributed by atoms with Crippen molar-refractivity contribution in [3.63, 3.8) is 0 Å². The van der Waals surface area contributed by atoms with Crippen LogP contribution in [0.4, 0.5) is 0 Å². The molecule has 27 heavy (non-hydrogen) atoms. The van der Waals surface area contributed by atoms with Gasteiger partial charge in [-0.15, -0.1) is 0 Å². The Kier molecular flexibility index (Phi) is 3.97. The van der Waals surface area contributed by atoms with E-state index < -0.39 is 0 Å². The Bertz CT molecular complexity index is 976. The van der Waals surface area contributed by atoms with Gasteiger partial charge in [-0.3, -0.25) is 14.8 Å². The molecule has 3 aliphatic heterocycles. The molecule has 7 nitrogen and oxygen atoms in total. The molecule has 1 amide bonds. The van der Waals surface area contributed by atoms with Gasteiger partial charge in [0.2, 0.25) is 0 Å². The van der Waals surface area contributed by atoms with Crippen molar-refractivity contribution in [3.05, 3.63) is 47.7 Å². The summed E-state index contributed by atoms with van der Waals surface area (Å²) in [5.74, 6) is 0.567. The SMILES string of the molecule is Cc1[nH]cnc1CN1C[C@@H]2CC[C@H](C1)N(C(=O)c1n[nH]c3ccccc13)C2. The van der Waals surface area contributed by atoms with Gasteiger partial charge in [-0.1, -0.05) is 18.2 Å². The number of imidazole rings is 1. The number of rotatable bonds is 3. The second-order valence-electron chi connectivity index (χ2n) is 7.84. The number of carbonyl (C=O) groups is 1. The summed E-state index contributed by atoms with van der Waals surface area (Å²) in [6.45, 7) is 5.65. The standard InChI is InChI=1S/C20H24N6O/c1-13-18(22-12-21-13)11-25-8-14-6-7-15(10-25)26(9-14)20(27)19-16-4-2-3-5-17(16)23-24-19/h2-5,12,14-15H,6-11H2,1H3,(H,21,22)(H,23,24)/t14-,15+/m0/s1. The lowest BCUT2D eigenvalue weighted by molar-refractivity contribution is 0.0580. The van der Waals surface area contributed by atoms with Crippen molar-refractivity contribution >= 4 is 16.8 Å². The van der Waals surface area contributed by atoms with E-state index in [4.69, 9.17) is 0 Å². The van der Waals surface area contributed by atoms with E-state index in [9.17, 15) is 4.79 Å². The highest BCUT2D eigenvalue weighted by molar-refractivity contribution is 6.04. The fourth-order valence-corrected chi connectivity index (χ4v) is 4.58. The number of H-pyrrole nitrogens is 2. The number of hydrogen-bond acceptors (Lipinski definition) is 4. The zero-order valence-electron chi connectivity index (χ0n) is 15.5. The maximum atomic E-state index is 13.3. The van der Waals surface area contributed by atoms with E-state index >= 15 is 0 Å². The van der Waals surface area contributed by atoms with Gasteiger partial charge in [-0.2, -0.15) is 5.10 Å². The Morgan fingerprint density at radius 3 is 2.96 bits per heavy atom. The molecular weight excluding hydrogens is 340 g/mol. The summed E-state index contributed by atoms with van der Waals surface area (Å²) in [5, 5.41) is 8.23. The molecule has 5 heterocycles. The first kappa shape index (κ1) is 16.5. The number of nitrogens with zero attached hydrogens (tertiary/aromatic N) is 4. The van der Waals surface area contributed by atoms with Gasteiger partial charge in [-0.25, -0.2) is 4.98 Å². The van der Waals surface area contributed by atoms with Crippen LogP contribution in [0.3, 0.4) is 0 Å². The normalized spacial score (nSPS) is 23.1. The molecule has 3 aromatic rings. The minimum Gasteiger partial charge on any atom is -0.348 e. The van der Waals surface area contributed by atoms with Crippen LogP contribution in [0.2, 0.25) is 0 Å². The molecule has 2 N–H and O–H groups in total. The van der Waals surface area contributed by atoms with Crippen LogP contribution in [-0.4, -0.2) is 61.5 Å². The maximum absolute atomic E-state index is 13.3. The molecule has 1 aromatic carbocycles. The van der Waals surface area contributed by atoms with Crippen LogP contribution < -0.4 is 0 Å². The van der Waals surface area contributed by atoms with Crippen LogP contribution in [0.5, 0.6) is 0 Å². The molecule has 6 rings (SSSR count). The summed E-state index contributed by atoms with van der Waals surface area (Å²) in [7, 11) is 0. The summed E-state index contributed by atoms with van der Waals surface area (Å²) in [5.41, 5.74) is 3.69. The van der Waals surface area contributed by atoms with E-state index in [-0.39, 0.29) is 11.9 Å². The summed E-state index contributed by atoms with van der Waals surface area (Å²) in [6, 6.07) is 8.08. The topological polar surface area (TPSA) is 80.9 Å². The van der Waals surface area contributed by atoms with Crippen LogP contribution in [0, 0.1) is 12.8 Å². The minimum absolute atomic E-state index is 0.0555. The van der Waals surface area contributed by atoms with Gasteiger partial charge in [0.1, 0.15) is 0 Å². The first-order chi connectivity index (χ1) is 13.2. The summed E-state index contributed by atoms with van der Waals surface area (Å²) < 4.78 is 0. The average molecular weight is 364 g/mol. The van der Waals surface area contributed by atoms with Gasteiger partial charge in [0.15, 0.2) is 5.69 Å². The molecule has 0 aliphatic carbocycles. The zero-order valence-corrected chi connectivity index (χ0v) is 15.5. The van der Waals surface area contributed by atoms with E-state index in [1.807, 2.05) is 24.3 Å². The molecule has 2 aromatic heterocycles. The molecule has 3 saturated heterocycles. The predicted octanol–water partition coefficient (Wildman–Crippen LogP) is 2.33. The Balaban J connectivity index is 1.38. The van der Waals surface area contributed by atoms with Crippen molar-refractivity contribution in [2.24, 2.45) is 5.92 Å². The Labute approximate surface area is 157 Å². The fourth-order valence-electron chi connectivity index (χ4n) is 4.58. The molecular formula is C20H24N6O. The summed E-state index contributed by atoms with van der Waals surface area (Å²) >= 11 is 0. The van der Waals surface area contributed by atoms with Crippen molar-refractivity contribution in [2.45, 2.75) is 32.4 Å². The first-order valence-corrected chi connectivity index (χ1v) is 9.64. The number of benzene rings is 1. The molecule has 0 spiro atoms. The van der Waals surface area contributed by atoms with Crippen molar-refractivity contribution in [3.8, 4) is 0 Å². The van der Waals surface area contributed by atoms with E-state index in [1.54, 1.807) is 6.33 Å². The monoisotopic (exact) mass is 364 g/mol. The number of carbonyl (C=O) groups excluding carboxylic acids is 1. The number of para-hydroxylation sites is 1. The summed E-state index contributed by atoms with van der Waals surface area (Å²) in [6.07, 6.45) is 4.01. The van der Waals surface area contributed by atoms with Crippen LogP contribution in [0.1, 0.15) is 34.7 Å². The third-order valence-electron chi connectivity index (χ3n) is 6.03. The average Bonchev–Trinajstić information content (AvgIpc) is 3.17. The van der Waals surface area contributed by atoms with Gasteiger partial charge in [-0.05, 0) is 31.7 Å². The number of aromatic amines is 2.